The normalized spacial score (nSPS) is 14.2. The van der Waals surface area contributed by atoms with E-state index in [2.05, 4.69) is 66.6 Å². The van der Waals surface area contributed by atoms with E-state index in [0.717, 1.165) is 68.5 Å². The first-order valence-corrected chi connectivity index (χ1v) is 13.9. The van der Waals surface area contributed by atoms with Gasteiger partial charge in [0.15, 0.2) is 11.5 Å². The lowest BCUT2D eigenvalue weighted by Crippen LogP contribution is -2.20. The van der Waals surface area contributed by atoms with Crippen LogP contribution in [0.2, 0.25) is 0 Å². The number of aromatic nitrogens is 7. The van der Waals surface area contributed by atoms with E-state index in [9.17, 15) is 0 Å². The third kappa shape index (κ3) is 4.37. The minimum absolute atomic E-state index is 0.690. The van der Waals surface area contributed by atoms with Crippen molar-refractivity contribution in [3.05, 3.63) is 65.6 Å². The highest BCUT2D eigenvalue weighted by Crippen LogP contribution is 2.34. The van der Waals surface area contributed by atoms with Crippen molar-refractivity contribution in [3.8, 4) is 33.2 Å². The van der Waals surface area contributed by atoms with Crippen LogP contribution in [0.4, 0.5) is 0 Å². The van der Waals surface area contributed by atoms with Crippen LogP contribution in [0, 0.1) is 12.8 Å². The summed E-state index contributed by atoms with van der Waals surface area (Å²) in [7, 11) is 0. The van der Waals surface area contributed by atoms with Gasteiger partial charge >= 0.3 is 0 Å². The van der Waals surface area contributed by atoms with Crippen molar-refractivity contribution < 1.29 is 0 Å². The molecule has 0 atom stereocenters. The SMILES string of the molecule is Cc1ccc(-c2nccc3[nH]c(-c4n[nH]c5ncc(-c6cncc(CNCC7CCCC7)c6)cc45)nc23)s1. The summed E-state index contributed by atoms with van der Waals surface area (Å²) < 4.78 is 0. The molecule has 0 aromatic carbocycles. The molecule has 1 aliphatic carbocycles. The Bertz CT molecular complexity index is 1740. The standard InChI is InChI=1S/C29H28N8S/c1-17-6-7-24(38-17)27-26-23(8-9-32-27)34-29(35-26)25-22-11-21(16-33-28(22)37-36-25)20-10-19(14-31-15-20)13-30-12-18-4-2-3-5-18/h6-11,14-16,18,30H,2-5,12-13H2,1H3,(H,34,35)(H,33,36,37). The van der Waals surface area contributed by atoms with Crippen LogP contribution in [-0.4, -0.2) is 41.7 Å². The molecular formula is C29H28N8S. The van der Waals surface area contributed by atoms with Gasteiger partial charge in [-0.15, -0.1) is 11.3 Å². The van der Waals surface area contributed by atoms with Crippen LogP contribution < -0.4 is 5.32 Å². The van der Waals surface area contributed by atoms with E-state index in [1.807, 2.05) is 30.9 Å². The molecule has 190 valence electrons. The molecule has 0 unspecified atom stereocenters. The quantitative estimate of drug-likeness (QED) is 0.229. The van der Waals surface area contributed by atoms with Gasteiger partial charge in [-0.05, 0) is 68.1 Å². The van der Waals surface area contributed by atoms with Gasteiger partial charge in [-0.2, -0.15) is 5.10 Å². The zero-order valence-electron chi connectivity index (χ0n) is 21.2. The minimum Gasteiger partial charge on any atom is -0.336 e. The number of hydrogen-bond donors (Lipinski definition) is 3. The summed E-state index contributed by atoms with van der Waals surface area (Å²) in [6, 6.07) is 10.5. The van der Waals surface area contributed by atoms with Gasteiger partial charge in [0.2, 0.25) is 0 Å². The zero-order valence-corrected chi connectivity index (χ0v) is 22.0. The molecule has 6 heterocycles. The van der Waals surface area contributed by atoms with E-state index in [1.165, 1.54) is 36.1 Å². The molecule has 0 saturated heterocycles. The van der Waals surface area contributed by atoms with Crippen molar-refractivity contribution in [1.82, 2.24) is 40.4 Å². The summed E-state index contributed by atoms with van der Waals surface area (Å²) in [4.78, 5) is 24.5. The van der Waals surface area contributed by atoms with Gasteiger partial charge in [-0.1, -0.05) is 12.8 Å². The van der Waals surface area contributed by atoms with Crippen molar-refractivity contribution in [3.63, 3.8) is 0 Å². The summed E-state index contributed by atoms with van der Waals surface area (Å²) in [5, 5.41) is 12.2. The number of aryl methyl sites for hydroxylation is 1. The summed E-state index contributed by atoms with van der Waals surface area (Å²) in [6.07, 6.45) is 13.0. The second-order valence-corrected chi connectivity index (χ2v) is 11.4. The van der Waals surface area contributed by atoms with Gasteiger partial charge in [0.05, 0.1) is 15.8 Å². The summed E-state index contributed by atoms with van der Waals surface area (Å²) >= 11 is 1.72. The maximum Gasteiger partial charge on any atom is 0.159 e. The van der Waals surface area contributed by atoms with Crippen molar-refractivity contribution in [1.29, 1.82) is 0 Å². The highest BCUT2D eigenvalue weighted by Gasteiger charge is 2.18. The van der Waals surface area contributed by atoms with Crippen molar-refractivity contribution in [2.45, 2.75) is 39.2 Å². The van der Waals surface area contributed by atoms with Crippen LogP contribution in [0.3, 0.4) is 0 Å². The maximum atomic E-state index is 4.93. The van der Waals surface area contributed by atoms with Gasteiger partial charge in [-0.25, -0.2) is 9.97 Å². The fourth-order valence-electron chi connectivity index (χ4n) is 5.41. The average Bonchev–Trinajstić information content (AvgIpc) is 3.74. The van der Waals surface area contributed by atoms with Crippen molar-refractivity contribution in [2.24, 2.45) is 5.92 Å². The topological polar surface area (TPSA) is 108 Å². The largest absolute Gasteiger partial charge is 0.336 e. The highest BCUT2D eigenvalue weighted by atomic mass is 32.1. The highest BCUT2D eigenvalue weighted by molar-refractivity contribution is 7.15. The molecule has 0 aliphatic heterocycles. The molecule has 0 amide bonds. The number of nitrogens with zero attached hydrogens (tertiary/aromatic N) is 5. The number of hydrogen-bond acceptors (Lipinski definition) is 7. The number of fused-ring (bicyclic) bond motifs is 2. The Hall–Kier alpha value is -3.95. The summed E-state index contributed by atoms with van der Waals surface area (Å²) in [6.45, 7) is 4.00. The van der Waals surface area contributed by atoms with E-state index in [1.54, 1.807) is 11.3 Å². The Balaban J connectivity index is 1.20. The maximum absolute atomic E-state index is 4.93. The fourth-order valence-corrected chi connectivity index (χ4v) is 6.27. The van der Waals surface area contributed by atoms with Crippen LogP contribution in [0.5, 0.6) is 0 Å². The molecule has 3 N–H and O–H groups in total. The Labute approximate surface area is 224 Å². The van der Waals surface area contributed by atoms with Crippen LogP contribution in [0.15, 0.2) is 55.1 Å². The minimum atomic E-state index is 0.690. The van der Waals surface area contributed by atoms with E-state index >= 15 is 0 Å². The number of imidazole rings is 1. The van der Waals surface area contributed by atoms with Crippen LogP contribution in [-0.2, 0) is 6.54 Å². The second kappa shape index (κ2) is 9.74. The van der Waals surface area contributed by atoms with E-state index < -0.39 is 0 Å². The van der Waals surface area contributed by atoms with Crippen LogP contribution >= 0.6 is 11.3 Å². The molecule has 0 spiro atoms. The first-order chi connectivity index (χ1) is 18.7. The Morgan fingerprint density at radius 1 is 1.00 bits per heavy atom. The van der Waals surface area contributed by atoms with Crippen LogP contribution in [0.25, 0.3) is 55.3 Å². The van der Waals surface area contributed by atoms with E-state index in [4.69, 9.17) is 4.98 Å². The molecule has 0 radical (unpaired) electrons. The molecule has 6 aromatic heterocycles. The molecule has 0 bridgehead atoms. The first-order valence-electron chi connectivity index (χ1n) is 13.1. The fraction of sp³-hybridized carbons (Fsp3) is 0.276. The molecule has 9 heteroatoms. The summed E-state index contributed by atoms with van der Waals surface area (Å²) in [5.74, 6) is 1.51. The second-order valence-electron chi connectivity index (χ2n) is 10.1. The Morgan fingerprint density at radius 2 is 1.89 bits per heavy atom. The van der Waals surface area contributed by atoms with Gasteiger partial charge in [0.1, 0.15) is 16.9 Å². The molecule has 1 aliphatic rings. The van der Waals surface area contributed by atoms with Gasteiger partial charge < -0.3 is 10.3 Å². The molecular weight excluding hydrogens is 492 g/mol. The zero-order chi connectivity index (χ0) is 25.5. The number of pyridine rings is 3. The van der Waals surface area contributed by atoms with Gasteiger partial charge in [0.25, 0.3) is 0 Å². The number of aromatic amines is 2. The Kier molecular flexibility index (Phi) is 5.94. The third-order valence-corrected chi connectivity index (χ3v) is 8.39. The lowest BCUT2D eigenvalue weighted by Gasteiger charge is -2.11. The van der Waals surface area contributed by atoms with Gasteiger partial charge in [-0.3, -0.25) is 15.1 Å². The van der Waals surface area contributed by atoms with E-state index in [-0.39, 0.29) is 0 Å². The first kappa shape index (κ1) is 23.2. The predicted octanol–water partition coefficient (Wildman–Crippen LogP) is 6.27. The smallest absolute Gasteiger partial charge is 0.159 e. The number of rotatable bonds is 7. The third-order valence-electron chi connectivity index (χ3n) is 7.38. The lowest BCUT2D eigenvalue weighted by molar-refractivity contribution is 0.489. The number of thiophene rings is 1. The van der Waals surface area contributed by atoms with Crippen molar-refractivity contribution >= 4 is 33.4 Å². The molecule has 6 aromatic rings. The van der Waals surface area contributed by atoms with E-state index in [0.29, 0.717) is 5.82 Å². The Morgan fingerprint density at radius 3 is 2.76 bits per heavy atom. The van der Waals surface area contributed by atoms with Gasteiger partial charge in [0, 0.05) is 47.3 Å². The van der Waals surface area contributed by atoms with Crippen molar-refractivity contribution in [2.75, 3.05) is 6.54 Å². The molecule has 38 heavy (non-hydrogen) atoms. The molecule has 7 rings (SSSR count). The van der Waals surface area contributed by atoms with Crippen LogP contribution in [0.1, 0.15) is 36.1 Å². The predicted molar refractivity (Wildman–Crippen MR) is 152 cm³/mol. The number of H-pyrrole nitrogens is 2. The lowest BCUT2D eigenvalue weighted by atomic mass is 10.1. The molecule has 8 nitrogen and oxygen atoms in total. The average molecular weight is 521 g/mol. The molecule has 1 fully saturated rings. The molecule has 1 saturated carbocycles. The number of nitrogens with one attached hydrogen (secondary N) is 3. The monoisotopic (exact) mass is 520 g/mol. The summed E-state index contributed by atoms with van der Waals surface area (Å²) in [5.41, 5.74) is 7.32.